The van der Waals surface area contributed by atoms with Gasteiger partial charge in [-0.3, -0.25) is 0 Å². The zero-order chi connectivity index (χ0) is 7.40. The summed E-state index contributed by atoms with van der Waals surface area (Å²) in [6, 6.07) is 0. The van der Waals surface area contributed by atoms with Gasteiger partial charge < -0.3 is 0 Å². The number of hydrogen-bond acceptors (Lipinski definition) is 0. The summed E-state index contributed by atoms with van der Waals surface area (Å²) in [5.41, 5.74) is 2.48. The topological polar surface area (TPSA) is 0 Å². The Bertz CT molecular complexity index is 152. The highest BCUT2D eigenvalue weighted by Crippen LogP contribution is 2.19. The predicted octanol–water partition coefficient (Wildman–Crippen LogP) is 3.23. The maximum atomic E-state index is 3.96. The molecule has 0 spiro atoms. The third kappa shape index (κ3) is 1.87. The van der Waals surface area contributed by atoms with Crippen LogP contribution in [-0.4, -0.2) is 0 Å². The molecule has 0 N–H and O–H groups in total. The first kappa shape index (κ1) is 7.33. The molecule has 0 aromatic rings. The molecule has 0 nitrogen and oxygen atoms in total. The van der Waals surface area contributed by atoms with E-state index in [1.165, 1.54) is 11.1 Å². The smallest absolute Gasteiger partial charge is 0.0248 e. The largest absolute Gasteiger partial charge is 0.0956 e. The monoisotopic (exact) mass is 134 g/mol. The van der Waals surface area contributed by atoms with E-state index < -0.39 is 0 Å². The van der Waals surface area contributed by atoms with Gasteiger partial charge in [0.25, 0.3) is 0 Å². The van der Waals surface area contributed by atoms with Crippen LogP contribution in [0.3, 0.4) is 0 Å². The van der Waals surface area contributed by atoms with Crippen molar-refractivity contribution in [2.75, 3.05) is 0 Å². The van der Waals surface area contributed by atoms with E-state index in [1.807, 2.05) is 0 Å². The number of rotatable bonds is 0. The van der Waals surface area contributed by atoms with Crippen LogP contribution in [0.25, 0.3) is 0 Å². The molecule has 0 saturated heterocycles. The van der Waals surface area contributed by atoms with Crippen LogP contribution in [0.2, 0.25) is 0 Å². The van der Waals surface area contributed by atoms with E-state index >= 15 is 0 Å². The lowest BCUT2D eigenvalue weighted by Gasteiger charge is -2.08. The highest BCUT2D eigenvalue weighted by molar-refractivity contribution is 5.26. The van der Waals surface area contributed by atoms with Crippen LogP contribution >= 0.6 is 0 Å². The summed E-state index contributed by atoms with van der Waals surface area (Å²) in [6.45, 7) is 7.93. The van der Waals surface area contributed by atoms with E-state index in [0.717, 1.165) is 25.7 Å². The SMILES string of the molecule is C=C1CC/C=C\CCC1=C. The molecule has 54 valence electrons. The Morgan fingerprint density at radius 2 is 1.30 bits per heavy atom. The van der Waals surface area contributed by atoms with Crippen LogP contribution in [0.15, 0.2) is 36.5 Å². The molecule has 0 unspecified atom stereocenters. The predicted molar refractivity (Wildman–Crippen MR) is 45.9 cm³/mol. The van der Waals surface area contributed by atoms with Crippen LogP contribution in [-0.2, 0) is 0 Å². The van der Waals surface area contributed by atoms with Gasteiger partial charge in [-0.25, -0.2) is 0 Å². The summed E-state index contributed by atoms with van der Waals surface area (Å²) < 4.78 is 0. The second-order valence-electron chi connectivity index (χ2n) is 2.76. The Labute approximate surface area is 62.9 Å². The summed E-state index contributed by atoms with van der Waals surface area (Å²) in [4.78, 5) is 0. The fourth-order valence-electron chi connectivity index (χ4n) is 1.10. The molecule has 1 aliphatic carbocycles. The van der Waals surface area contributed by atoms with Crippen LogP contribution in [0.1, 0.15) is 25.7 Å². The fourth-order valence-corrected chi connectivity index (χ4v) is 1.10. The maximum absolute atomic E-state index is 3.96. The van der Waals surface area contributed by atoms with Gasteiger partial charge in [0.05, 0.1) is 0 Å². The van der Waals surface area contributed by atoms with Crippen molar-refractivity contribution in [3.8, 4) is 0 Å². The van der Waals surface area contributed by atoms with Crippen molar-refractivity contribution in [1.29, 1.82) is 0 Å². The van der Waals surface area contributed by atoms with Crippen LogP contribution in [0.5, 0.6) is 0 Å². The van der Waals surface area contributed by atoms with Gasteiger partial charge in [-0.15, -0.1) is 0 Å². The molecular weight excluding hydrogens is 120 g/mol. The minimum Gasteiger partial charge on any atom is -0.0956 e. The molecule has 0 heteroatoms. The van der Waals surface area contributed by atoms with Crippen molar-refractivity contribution in [2.24, 2.45) is 0 Å². The standard InChI is InChI=1S/C10H14/c1-9-7-5-3-4-6-8-10(9)2/h3-4H,1-2,5-8H2/b4-3-. The number of hydrogen-bond donors (Lipinski definition) is 0. The summed E-state index contributed by atoms with van der Waals surface area (Å²) >= 11 is 0. The molecule has 0 fully saturated rings. The van der Waals surface area contributed by atoms with Crippen LogP contribution in [0, 0.1) is 0 Å². The highest BCUT2D eigenvalue weighted by atomic mass is 14.1. The molecule has 10 heavy (non-hydrogen) atoms. The van der Waals surface area contributed by atoms with Crippen molar-refractivity contribution in [3.63, 3.8) is 0 Å². The maximum Gasteiger partial charge on any atom is -0.0248 e. The Morgan fingerprint density at radius 1 is 0.900 bits per heavy atom. The lowest BCUT2D eigenvalue weighted by molar-refractivity contribution is 0.890. The summed E-state index contributed by atoms with van der Waals surface area (Å²) in [5, 5.41) is 0. The Kier molecular flexibility index (Phi) is 2.49. The van der Waals surface area contributed by atoms with Crippen molar-refractivity contribution in [2.45, 2.75) is 25.7 Å². The summed E-state index contributed by atoms with van der Waals surface area (Å²) in [6.07, 6.45) is 8.93. The van der Waals surface area contributed by atoms with Gasteiger partial charge in [0.1, 0.15) is 0 Å². The van der Waals surface area contributed by atoms with E-state index in [2.05, 4.69) is 25.3 Å². The number of allylic oxidation sites excluding steroid dienone is 4. The van der Waals surface area contributed by atoms with Crippen molar-refractivity contribution in [1.82, 2.24) is 0 Å². The molecule has 0 aromatic carbocycles. The molecule has 0 aliphatic heterocycles. The first-order valence-electron chi connectivity index (χ1n) is 3.81. The van der Waals surface area contributed by atoms with E-state index in [-0.39, 0.29) is 0 Å². The normalized spacial score (nSPS) is 23.6. The molecule has 0 radical (unpaired) electrons. The Morgan fingerprint density at radius 3 is 1.70 bits per heavy atom. The lowest BCUT2D eigenvalue weighted by atomic mass is 9.97. The van der Waals surface area contributed by atoms with Gasteiger partial charge in [0.2, 0.25) is 0 Å². The molecule has 1 rings (SSSR count). The summed E-state index contributed by atoms with van der Waals surface area (Å²) in [5.74, 6) is 0. The third-order valence-corrected chi connectivity index (χ3v) is 1.89. The Balaban J connectivity index is 2.57. The van der Waals surface area contributed by atoms with Crippen LogP contribution < -0.4 is 0 Å². The average Bonchev–Trinajstić information content (AvgIpc) is 1.92. The third-order valence-electron chi connectivity index (χ3n) is 1.89. The molecule has 0 saturated carbocycles. The first-order chi connectivity index (χ1) is 4.80. The lowest BCUT2D eigenvalue weighted by Crippen LogP contribution is -1.89. The van der Waals surface area contributed by atoms with Crippen molar-refractivity contribution >= 4 is 0 Å². The second-order valence-corrected chi connectivity index (χ2v) is 2.76. The zero-order valence-electron chi connectivity index (χ0n) is 6.40. The fraction of sp³-hybridized carbons (Fsp3) is 0.400. The second kappa shape index (κ2) is 3.40. The quantitative estimate of drug-likeness (QED) is 0.446. The molecular formula is C10H14. The average molecular weight is 134 g/mol. The molecule has 0 amide bonds. The van der Waals surface area contributed by atoms with E-state index in [9.17, 15) is 0 Å². The van der Waals surface area contributed by atoms with Gasteiger partial charge in [0.15, 0.2) is 0 Å². The Hall–Kier alpha value is -0.780. The highest BCUT2D eigenvalue weighted by Gasteiger charge is 2.00. The molecule has 0 bridgehead atoms. The minimum absolute atomic E-state index is 1.09. The minimum atomic E-state index is 1.09. The molecule has 0 heterocycles. The molecule has 0 aromatic heterocycles. The zero-order valence-corrected chi connectivity index (χ0v) is 6.40. The van der Waals surface area contributed by atoms with Gasteiger partial charge in [0, 0.05) is 0 Å². The van der Waals surface area contributed by atoms with Gasteiger partial charge >= 0.3 is 0 Å². The van der Waals surface area contributed by atoms with Crippen molar-refractivity contribution in [3.05, 3.63) is 36.5 Å². The van der Waals surface area contributed by atoms with Gasteiger partial charge in [-0.05, 0) is 25.7 Å². The van der Waals surface area contributed by atoms with Gasteiger partial charge in [-0.1, -0.05) is 36.5 Å². The van der Waals surface area contributed by atoms with E-state index in [4.69, 9.17) is 0 Å². The van der Waals surface area contributed by atoms with Gasteiger partial charge in [-0.2, -0.15) is 0 Å². The summed E-state index contributed by atoms with van der Waals surface area (Å²) in [7, 11) is 0. The van der Waals surface area contributed by atoms with Crippen molar-refractivity contribution < 1.29 is 0 Å². The van der Waals surface area contributed by atoms with E-state index in [1.54, 1.807) is 0 Å². The van der Waals surface area contributed by atoms with Crippen LogP contribution in [0.4, 0.5) is 0 Å². The molecule has 0 atom stereocenters. The molecule has 1 aliphatic rings. The first-order valence-corrected chi connectivity index (χ1v) is 3.81. The van der Waals surface area contributed by atoms with E-state index in [0.29, 0.717) is 0 Å².